The highest BCUT2D eigenvalue weighted by Gasteiger charge is 2.14. The first-order valence-corrected chi connectivity index (χ1v) is 3.69. The zero-order chi connectivity index (χ0) is 5.21. The molecule has 0 N–H and O–H groups in total. The van der Waals surface area contributed by atoms with Crippen LogP contribution in [0.5, 0.6) is 0 Å². The van der Waals surface area contributed by atoms with Crippen molar-refractivity contribution in [1.29, 1.82) is 0 Å². The number of rotatable bonds is 1. The molecule has 0 rings (SSSR count). The minimum Gasteiger partial charge on any atom is -0.123 e. The lowest BCUT2D eigenvalue weighted by atomic mass is 11.0. The summed E-state index contributed by atoms with van der Waals surface area (Å²) < 4.78 is -0.596. The fourth-order valence-electron chi connectivity index (χ4n) is 0. The number of halogens is 4. The molecular weight excluding hydrogens is 255 g/mol. The summed E-state index contributed by atoms with van der Waals surface area (Å²) in [6.45, 7) is 0. The Labute approximate surface area is 63.4 Å². The second kappa shape index (κ2) is 2.75. The average molecular weight is 257 g/mol. The summed E-state index contributed by atoms with van der Waals surface area (Å²) in [4.78, 5) is 0. The van der Waals surface area contributed by atoms with Crippen LogP contribution in [0.25, 0.3) is 0 Å². The van der Waals surface area contributed by atoms with Crippen molar-refractivity contribution in [3.8, 4) is 0 Å². The van der Waals surface area contributed by atoms with Crippen molar-refractivity contribution in [3.63, 3.8) is 0 Å². The van der Waals surface area contributed by atoms with E-state index >= 15 is 0 Å². The molecule has 0 nitrogen and oxygen atoms in total. The van der Waals surface area contributed by atoms with Crippen LogP contribution in [-0.4, -0.2) is 8.57 Å². The largest absolute Gasteiger partial charge is 0.166 e. The van der Waals surface area contributed by atoms with Gasteiger partial charge < -0.3 is 0 Å². The standard InChI is InChI=1S/C2H2Br2Cl2/c3-2(4,6)1-5/h1H2. The minimum absolute atomic E-state index is 0.342. The van der Waals surface area contributed by atoms with Crippen molar-refractivity contribution in [2.24, 2.45) is 0 Å². The number of hydrogen-bond acceptors (Lipinski definition) is 0. The van der Waals surface area contributed by atoms with Gasteiger partial charge in [0.1, 0.15) is 0 Å². The van der Waals surface area contributed by atoms with Crippen molar-refractivity contribution >= 4 is 55.1 Å². The molecule has 4 heteroatoms. The van der Waals surface area contributed by atoms with E-state index in [1.807, 2.05) is 0 Å². The van der Waals surface area contributed by atoms with Gasteiger partial charge >= 0.3 is 0 Å². The van der Waals surface area contributed by atoms with Crippen molar-refractivity contribution in [2.75, 3.05) is 5.88 Å². The van der Waals surface area contributed by atoms with E-state index in [0.29, 0.717) is 5.88 Å². The first kappa shape index (κ1) is 7.54. The van der Waals surface area contributed by atoms with E-state index in [2.05, 4.69) is 31.9 Å². The molecule has 0 heterocycles. The van der Waals surface area contributed by atoms with Crippen LogP contribution < -0.4 is 0 Å². The molecule has 0 saturated heterocycles. The predicted molar refractivity (Wildman–Crippen MR) is 37.2 cm³/mol. The van der Waals surface area contributed by atoms with Gasteiger partial charge in [0.15, 0.2) is 2.69 Å². The van der Waals surface area contributed by atoms with Crippen LogP contribution >= 0.6 is 55.1 Å². The van der Waals surface area contributed by atoms with E-state index < -0.39 is 2.69 Å². The highest BCUT2D eigenvalue weighted by molar-refractivity contribution is 9.26. The van der Waals surface area contributed by atoms with Gasteiger partial charge in [0.05, 0.1) is 5.88 Å². The lowest BCUT2D eigenvalue weighted by Gasteiger charge is -2.02. The fraction of sp³-hybridized carbons (Fsp3) is 1.00. The molecule has 0 aliphatic rings. The molecule has 0 aromatic heterocycles. The van der Waals surface area contributed by atoms with Crippen LogP contribution in [0.1, 0.15) is 0 Å². The van der Waals surface area contributed by atoms with E-state index in [4.69, 9.17) is 23.2 Å². The molecule has 0 saturated carbocycles. The molecule has 0 aromatic rings. The number of hydrogen-bond donors (Lipinski definition) is 0. The summed E-state index contributed by atoms with van der Waals surface area (Å²) in [5.74, 6) is 0.342. The molecule has 0 aliphatic heterocycles. The van der Waals surface area contributed by atoms with E-state index in [0.717, 1.165) is 0 Å². The Balaban J connectivity index is 3.17. The summed E-state index contributed by atoms with van der Waals surface area (Å²) >= 11 is 16.7. The topological polar surface area (TPSA) is 0 Å². The maximum Gasteiger partial charge on any atom is 0.166 e. The van der Waals surface area contributed by atoms with Gasteiger partial charge in [-0.2, -0.15) is 0 Å². The zero-order valence-corrected chi connectivity index (χ0v) is 7.40. The molecule has 6 heavy (non-hydrogen) atoms. The van der Waals surface area contributed by atoms with Crippen LogP contribution in [0.4, 0.5) is 0 Å². The Kier molecular flexibility index (Phi) is 3.46. The third-order valence-electron chi connectivity index (χ3n) is 0.152. The highest BCUT2D eigenvalue weighted by atomic mass is 79.9. The summed E-state index contributed by atoms with van der Waals surface area (Å²) in [5, 5.41) is 0. The Morgan fingerprint density at radius 1 is 1.50 bits per heavy atom. The van der Waals surface area contributed by atoms with Gasteiger partial charge in [0.25, 0.3) is 0 Å². The van der Waals surface area contributed by atoms with Gasteiger partial charge in [0.2, 0.25) is 0 Å². The lowest BCUT2D eigenvalue weighted by Crippen LogP contribution is -1.99. The third-order valence-corrected chi connectivity index (χ3v) is 2.03. The van der Waals surface area contributed by atoms with Crippen LogP contribution in [0.15, 0.2) is 0 Å². The van der Waals surface area contributed by atoms with Crippen LogP contribution in [0, 0.1) is 0 Å². The Morgan fingerprint density at radius 3 is 1.67 bits per heavy atom. The normalized spacial score (nSPS) is 12.0. The van der Waals surface area contributed by atoms with Crippen molar-refractivity contribution in [2.45, 2.75) is 2.69 Å². The van der Waals surface area contributed by atoms with E-state index in [1.165, 1.54) is 0 Å². The molecule has 0 amide bonds. The van der Waals surface area contributed by atoms with Crippen LogP contribution in [0.2, 0.25) is 0 Å². The second-order valence-electron chi connectivity index (χ2n) is 0.749. The van der Waals surface area contributed by atoms with E-state index in [9.17, 15) is 0 Å². The van der Waals surface area contributed by atoms with E-state index in [1.54, 1.807) is 0 Å². The Bertz CT molecular complexity index is 39.3. The first-order valence-electron chi connectivity index (χ1n) is 1.19. The SMILES string of the molecule is ClCC(Cl)(Br)Br. The molecule has 0 spiro atoms. The van der Waals surface area contributed by atoms with Gasteiger partial charge in [-0.1, -0.05) is 43.5 Å². The monoisotopic (exact) mass is 254 g/mol. The molecule has 0 radical (unpaired) electrons. The quantitative estimate of drug-likeness (QED) is 0.633. The number of alkyl halides is 4. The molecule has 0 bridgehead atoms. The lowest BCUT2D eigenvalue weighted by molar-refractivity contribution is 1.38. The first-order chi connectivity index (χ1) is 2.56. The maximum atomic E-state index is 5.42. The average Bonchev–Trinajstić information content (AvgIpc) is 1.35. The minimum atomic E-state index is -0.596. The summed E-state index contributed by atoms with van der Waals surface area (Å²) in [6, 6.07) is 0. The van der Waals surface area contributed by atoms with Gasteiger partial charge in [-0.05, 0) is 0 Å². The van der Waals surface area contributed by atoms with Crippen molar-refractivity contribution in [1.82, 2.24) is 0 Å². The van der Waals surface area contributed by atoms with Gasteiger partial charge in [-0.25, -0.2) is 0 Å². The second-order valence-corrected chi connectivity index (χ2v) is 6.35. The maximum absolute atomic E-state index is 5.42. The van der Waals surface area contributed by atoms with Crippen molar-refractivity contribution in [3.05, 3.63) is 0 Å². The predicted octanol–water partition coefficient (Wildman–Crippen LogP) is 2.91. The van der Waals surface area contributed by atoms with E-state index in [-0.39, 0.29) is 0 Å². The summed E-state index contributed by atoms with van der Waals surface area (Å²) in [6.07, 6.45) is 0. The molecule has 0 fully saturated rings. The molecule has 38 valence electrons. The van der Waals surface area contributed by atoms with Crippen LogP contribution in [0.3, 0.4) is 0 Å². The van der Waals surface area contributed by atoms with Gasteiger partial charge in [-0.15, -0.1) is 11.6 Å². The zero-order valence-electron chi connectivity index (χ0n) is 2.72. The van der Waals surface area contributed by atoms with Gasteiger partial charge in [-0.3, -0.25) is 0 Å². The van der Waals surface area contributed by atoms with Crippen LogP contribution in [-0.2, 0) is 0 Å². The van der Waals surface area contributed by atoms with Gasteiger partial charge in [0, 0.05) is 0 Å². The molecular formula is C2H2Br2Cl2. The third kappa shape index (κ3) is 5.54. The summed E-state index contributed by atoms with van der Waals surface area (Å²) in [7, 11) is 0. The smallest absolute Gasteiger partial charge is 0.123 e. The fourth-order valence-corrected chi connectivity index (χ4v) is 0. The molecule has 0 aliphatic carbocycles. The summed E-state index contributed by atoms with van der Waals surface area (Å²) in [5.41, 5.74) is 0. The Hall–Kier alpha value is 1.54. The molecule has 0 unspecified atom stereocenters. The molecule has 0 aromatic carbocycles. The van der Waals surface area contributed by atoms with Crippen molar-refractivity contribution < 1.29 is 0 Å². The molecule has 0 atom stereocenters. The Morgan fingerprint density at radius 2 is 1.67 bits per heavy atom. The highest BCUT2D eigenvalue weighted by Crippen LogP contribution is 2.31.